The zero-order valence-corrected chi connectivity index (χ0v) is 13.8. The number of ether oxygens (including phenoxy) is 1. The highest BCUT2D eigenvalue weighted by atomic mass is 16.5. The molecule has 0 heterocycles. The predicted molar refractivity (Wildman–Crippen MR) is 89.6 cm³/mol. The molecule has 1 N–H and O–H groups in total. The van der Waals surface area contributed by atoms with E-state index in [4.69, 9.17) is 4.74 Å². The van der Waals surface area contributed by atoms with Gasteiger partial charge in [-0.3, -0.25) is 4.79 Å². The Morgan fingerprint density at radius 3 is 2.13 bits per heavy atom. The number of carbonyl (C=O) groups is 2. The molecule has 4 nitrogen and oxygen atoms in total. The second kappa shape index (κ2) is 7.09. The summed E-state index contributed by atoms with van der Waals surface area (Å²) in [4.78, 5) is 24.2. The van der Waals surface area contributed by atoms with Crippen molar-refractivity contribution < 1.29 is 14.3 Å². The molecule has 23 heavy (non-hydrogen) atoms. The number of carbonyl (C=O) groups excluding carboxylic acids is 2. The van der Waals surface area contributed by atoms with Gasteiger partial charge >= 0.3 is 5.97 Å². The molecule has 0 bridgehead atoms. The maximum absolute atomic E-state index is 12.5. The van der Waals surface area contributed by atoms with Crippen LogP contribution in [0.25, 0.3) is 0 Å². The molecule has 0 unspecified atom stereocenters. The van der Waals surface area contributed by atoms with E-state index in [0.717, 1.165) is 16.7 Å². The summed E-state index contributed by atoms with van der Waals surface area (Å²) in [5.74, 6) is -0.548. The summed E-state index contributed by atoms with van der Waals surface area (Å²) in [7, 11) is 1.35. The van der Waals surface area contributed by atoms with Crippen molar-refractivity contribution in [1.29, 1.82) is 0 Å². The Labute approximate surface area is 136 Å². The Morgan fingerprint density at radius 2 is 1.61 bits per heavy atom. The summed E-state index contributed by atoms with van der Waals surface area (Å²) in [5, 5.41) is 2.97. The quantitative estimate of drug-likeness (QED) is 0.878. The molecular weight excluding hydrogens is 290 g/mol. The number of rotatable bonds is 4. The van der Waals surface area contributed by atoms with E-state index >= 15 is 0 Å². The van der Waals surface area contributed by atoms with Crippen LogP contribution in [0.4, 0.5) is 0 Å². The number of aryl methyl sites for hydroxylation is 2. The Hall–Kier alpha value is -2.62. The number of nitrogens with one attached hydrogen (secondary N) is 1. The fourth-order valence-corrected chi connectivity index (χ4v) is 2.62. The van der Waals surface area contributed by atoms with Crippen LogP contribution in [0.5, 0.6) is 0 Å². The van der Waals surface area contributed by atoms with Crippen molar-refractivity contribution in [3.05, 3.63) is 70.3 Å². The standard InChI is InChI=1S/C19H21NO3/c1-12-10-16(11-13(2)17(12)19(22)23-4)18(21)20-14(3)15-8-6-5-7-9-15/h5-11,14H,1-4H3,(H,20,21)/t14-/m1/s1. The van der Waals surface area contributed by atoms with Gasteiger partial charge in [0.1, 0.15) is 0 Å². The second-order valence-corrected chi connectivity index (χ2v) is 5.58. The molecule has 1 amide bonds. The Balaban J connectivity index is 2.22. The van der Waals surface area contributed by atoms with Gasteiger partial charge in [-0.15, -0.1) is 0 Å². The fraction of sp³-hybridized carbons (Fsp3) is 0.263. The van der Waals surface area contributed by atoms with Gasteiger partial charge in [0.25, 0.3) is 5.91 Å². The van der Waals surface area contributed by atoms with Crippen molar-refractivity contribution in [2.45, 2.75) is 26.8 Å². The lowest BCUT2D eigenvalue weighted by Gasteiger charge is -2.16. The van der Waals surface area contributed by atoms with Crippen molar-refractivity contribution >= 4 is 11.9 Å². The zero-order valence-electron chi connectivity index (χ0n) is 13.8. The molecule has 2 rings (SSSR count). The van der Waals surface area contributed by atoms with Crippen LogP contribution in [0, 0.1) is 13.8 Å². The first-order valence-electron chi connectivity index (χ1n) is 7.49. The minimum atomic E-state index is -0.385. The van der Waals surface area contributed by atoms with E-state index in [1.54, 1.807) is 26.0 Å². The van der Waals surface area contributed by atoms with E-state index in [2.05, 4.69) is 5.32 Å². The predicted octanol–water partition coefficient (Wildman–Crippen LogP) is 3.58. The molecule has 0 saturated carbocycles. The molecule has 120 valence electrons. The third-order valence-electron chi connectivity index (χ3n) is 3.83. The molecule has 0 aliphatic carbocycles. The largest absolute Gasteiger partial charge is 0.465 e. The summed E-state index contributed by atoms with van der Waals surface area (Å²) < 4.78 is 4.78. The fourth-order valence-electron chi connectivity index (χ4n) is 2.62. The van der Waals surface area contributed by atoms with Crippen molar-refractivity contribution in [1.82, 2.24) is 5.32 Å². The maximum Gasteiger partial charge on any atom is 0.338 e. The van der Waals surface area contributed by atoms with Crippen LogP contribution in [0.3, 0.4) is 0 Å². The van der Waals surface area contributed by atoms with Crippen LogP contribution >= 0.6 is 0 Å². The van der Waals surface area contributed by atoms with Crippen molar-refractivity contribution in [3.8, 4) is 0 Å². The molecular formula is C19H21NO3. The number of methoxy groups -OCH3 is 1. The summed E-state index contributed by atoms with van der Waals surface area (Å²) in [6.45, 7) is 5.54. The normalized spacial score (nSPS) is 11.7. The van der Waals surface area contributed by atoms with E-state index in [1.165, 1.54) is 7.11 Å². The first kappa shape index (κ1) is 16.7. The van der Waals surface area contributed by atoms with Gasteiger partial charge in [-0.2, -0.15) is 0 Å². The van der Waals surface area contributed by atoms with Crippen LogP contribution in [0.1, 0.15) is 50.4 Å². The van der Waals surface area contributed by atoms with Crippen molar-refractivity contribution in [2.24, 2.45) is 0 Å². The summed E-state index contributed by atoms with van der Waals surface area (Å²) >= 11 is 0. The maximum atomic E-state index is 12.5. The molecule has 0 saturated heterocycles. The second-order valence-electron chi connectivity index (χ2n) is 5.58. The minimum Gasteiger partial charge on any atom is -0.465 e. The van der Waals surface area contributed by atoms with Gasteiger partial charge in [-0.1, -0.05) is 30.3 Å². The molecule has 1 atom stereocenters. The minimum absolute atomic E-state index is 0.0930. The van der Waals surface area contributed by atoms with Gasteiger partial charge < -0.3 is 10.1 Å². The van der Waals surface area contributed by atoms with E-state index in [1.807, 2.05) is 37.3 Å². The van der Waals surface area contributed by atoms with Crippen molar-refractivity contribution in [3.63, 3.8) is 0 Å². The summed E-state index contributed by atoms with van der Waals surface area (Å²) in [6.07, 6.45) is 0. The highest BCUT2D eigenvalue weighted by molar-refractivity contribution is 5.98. The summed E-state index contributed by atoms with van der Waals surface area (Å²) in [5.41, 5.74) is 3.56. The molecule has 2 aromatic carbocycles. The average molecular weight is 311 g/mol. The van der Waals surface area contributed by atoms with Crippen LogP contribution in [-0.2, 0) is 4.74 Å². The number of amides is 1. The van der Waals surface area contributed by atoms with Crippen LogP contribution < -0.4 is 5.32 Å². The molecule has 0 radical (unpaired) electrons. The molecule has 0 spiro atoms. The van der Waals surface area contributed by atoms with Gasteiger partial charge in [0.2, 0.25) is 0 Å². The van der Waals surface area contributed by atoms with Crippen LogP contribution in [0.15, 0.2) is 42.5 Å². The Morgan fingerprint density at radius 1 is 1.04 bits per heavy atom. The molecule has 4 heteroatoms. The van der Waals surface area contributed by atoms with Crippen LogP contribution in [-0.4, -0.2) is 19.0 Å². The number of benzene rings is 2. The van der Waals surface area contributed by atoms with E-state index in [9.17, 15) is 9.59 Å². The lowest BCUT2D eigenvalue weighted by Crippen LogP contribution is -2.27. The van der Waals surface area contributed by atoms with Gasteiger partial charge in [-0.05, 0) is 49.6 Å². The van der Waals surface area contributed by atoms with Crippen molar-refractivity contribution in [2.75, 3.05) is 7.11 Å². The Bertz CT molecular complexity index is 700. The molecule has 0 aliphatic rings. The highest BCUT2D eigenvalue weighted by Crippen LogP contribution is 2.19. The smallest absolute Gasteiger partial charge is 0.338 e. The summed E-state index contributed by atoms with van der Waals surface area (Å²) in [6, 6.07) is 13.1. The lowest BCUT2D eigenvalue weighted by atomic mass is 9.98. The first-order valence-corrected chi connectivity index (χ1v) is 7.49. The molecule has 0 aromatic heterocycles. The third-order valence-corrected chi connectivity index (χ3v) is 3.83. The number of hydrogen-bond acceptors (Lipinski definition) is 3. The average Bonchev–Trinajstić information content (AvgIpc) is 2.54. The van der Waals surface area contributed by atoms with Crippen LogP contribution in [0.2, 0.25) is 0 Å². The topological polar surface area (TPSA) is 55.4 Å². The molecule has 0 aliphatic heterocycles. The van der Waals surface area contributed by atoms with Gasteiger partial charge in [-0.25, -0.2) is 4.79 Å². The first-order chi connectivity index (χ1) is 10.9. The molecule has 2 aromatic rings. The lowest BCUT2D eigenvalue weighted by molar-refractivity contribution is 0.0598. The van der Waals surface area contributed by atoms with Gasteiger partial charge in [0.05, 0.1) is 18.7 Å². The Kier molecular flexibility index (Phi) is 5.16. The monoisotopic (exact) mass is 311 g/mol. The molecule has 0 fully saturated rings. The highest BCUT2D eigenvalue weighted by Gasteiger charge is 2.17. The third kappa shape index (κ3) is 3.77. The van der Waals surface area contributed by atoms with E-state index < -0.39 is 0 Å². The van der Waals surface area contributed by atoms with Gasteiger partial charge in [0, 0.05) is 5.56 Å². The number of hydrogen-bond donors (Lipinski definition) is 1. The van der Waals surface area contributed by atoms with E-state index in [0.29, 0.717) is 11.1 Å². The van der Waals surface area contributed by atoms with E-state index in [-0.39, 0.29) is 17.9 Å². The SMILES string of the molecule is COC(=O)c1c(C)cc(C(=O)N[C@H](C)c2ccccc2)cc1C. The van der Waals surface area contributed by atoms with Gasteiger partial charge in [0.15, 0.2) is 0 Å². The zero-order chi connectivity index (χ0) is 17.0. The number of esters is 1.